The average molecular weight is 310 g/mol. The van der Waals surface area contributed by atoms with Crippen LogP contribution in [0.1, 0.15) is 77.6 Å². The number of aliphatic hydroxyl groups excluding tert-OH is 1. The summed E-state index contributed by atoms with van der Waals surface area (Å²) in [5.74, 6) is 5.20. The molecule has 1 saturated heterocycles. The van der Waals surface area contributed by atoms with E-state index in [1.807, 2.05) is 0 Å². The van der Waals surface area contributed by atoms with Gasteiger partial charge in [0.2, 0.25) is 0 Å². The van der Waals surface area contributed by atoms with Crippen LogP contribution in [0, 0.1) is 11.8 Å². The number of carboxylic acids is 1. The molecule has 0 aromatic rings. The van der Waals surface area contributed by atoms with E-state index in [4.69, 9.17) is 9.84 Å². The molecule has 1 aliphatic heterocycles. The normalized spacial score (nSPS) is 21.0. The van der Waals surface area contributed by atoms with E-state index in [0.717, 1.165) is 44.9 Å². The SMILES string of the molecule is CCCCCC1OC1C(O)C#CCCCCCCCC(=O)O. The summed E-state index contributed by atoms with van der Waals surface area (Å²) in [5.41, 5.74) is 0. The fraction of sp³-hybridized carbons (Fsp3) is 0.833. The largest absolute Gasteiger partial charge is 0.481 e. The molecule has 0 saturated carbocycles. The molecule has 1 rings (SSSR count). The van der Waals surface area contributed by atoms with Crippen molar-refractivity contribution < 1.29 is 19.7 Å². The van der Waals surface area contributed by atoms with Crippen molar-refractivity contribution >= 4 is 5.97 Å². The molecule has 0 bridgehead atoms. The van der Waals surface area contributed by atoms with Gasteiger partial charge in [-0.2, -0.15) is 0 Å². The molecule has 0 aromatic heterocycles. The summed E-state index contributed by atoms with van der Waals surface area (Å²) < 4.78 is 5.47. The number of hydrogen-bond acceptors (Lipinski definition) is 3. The molecule has 1 heterocycles. The van der Waals surface area contributed by atoms with E-state index in [1.54, 1.807) is 0 Å². The maximum Gasteiger partial charge on any atom is 0.303 e. The number of ether oxygens (including phenoxy) is 1. The maximum absolute atomic E-state index is 10.3. The van der Waals surface area contributed by atoms with Gasteiger partial charge >= 0.3 is 5.97 Å². The van der Waals surface area contributed by atoms with Gasteiger partial charge in [-0.05, 0) is 19.3 Å². The Bertz CT molecular complexity index is 369. The summed E-state index contributed by atoms with van der Waals surface area (Å²) in [6.07, 6.45) is 10.1. The molecule has 126 valence electrons. The fourth-order valence-electron chi connectivity index (χ4n) is 2.54. The standard InChI is InChI=1S/C18H30O4/c1-2-3-9-13-16-18(22-16)15(19)12-10-7-5-4-6-8-11-14-17(20)21/h15-16,18-19H,2-9,11,13-14H2,1H3,(H,20,21). The highest BCUT2D eigenvalue weighted by Crippen LogP contribution is 2.30. The Balaban J connectivity index is 1.95. The molecule has 3 unspecified atom stereocenters. The van der Waals surface area contributed by atoms with Gasteiger partial charge < -0.3 is 14.9 Å². The van der Waals surface area contributed by atoms with Crippen LogP contribution in [-0.4, -0.2) is 34.5 Å². The highest BCUT2D eigenvalue weighted by Gasteiger charge is 2.42. The Morgan fingerprint density at radius 3 is 2.59 bits per heavy atom. The number of epoxide rings is 1. The Morgan fingerprint density at radius 2 is 1.86 bits per heavy atom. The molecule has 0 amide bonds. The summed E-state index contributed by atoms with van der Waals surface area (Å²) >= 11 is 0. The zero-order valence-corrected chi connectivity index (χ0v) is 13.7. The van der Waals surface area contributed by atoms with E-state index < -0.39 is 12.1 Å². The predicted octanol–water partition coefficient (Wildman–Crippen LogP) is 3.51. The summed E-state index contributed by atoms with van der Waals surface area (Å²) in [6.45, 7) is 2.18. The van der Waals surface area contributed by atoms with Crippen molar-refractivity contribution in [1.82, 2.24) is 0 Å². The average Bonchev–Trinajstić information content (AvgIpc) is 3.25. The van der Waals surface area contributed by atoms with Gasteiger partial charge in [-0.25, -0.2) is 0 Å². The third-order valence-corrected chi connectivity index (χ3v) is 3.97. The molecule has 1 fully saturated rings. The van der Waals surface area contributed by atoms with Gasteiger partial charge in [0.25, 0.3) is 0 Å². The number of carbonyl (C=O) groups is 1. The molecule has 0 radical (unpaired) electrons. The lowest BCUT2D eigenvalue weighted by molar-refractivity contribution is -0.137. The number of hydrogen-bond donors (Lipinski definition) is 2. The van der Waals surface area contributed by atoms with Crippen LogP contribution in [0.25, 0.3) is 0 Å². The van der Waals surface area contributed by atoms with E-state index in [1.165, 1.54) is 19.3 Å². The third kappa shape index (κ3) is 9.07. The molecule has 3 atom stereocenters. The van der Waals surface area contributed by atoms with E-state index in [2.05, 4.69) is 18.8 Å². The fourth-order valence-corrected chi connectivity index (χ4v) is 2.54. The maximum atomic E-state index is 10.3. The Hall–Kier alpha value is -1.05. The van der Waals surface area contributed by atoms with E-state index in [0.29, 0.717) is 0 Å². The van der Waals surface area contributed by atoms with Gasteiger partial charge in [0.05, 0.1) is 6.10 Å². The van der Waals surface area contributed by atoms with Crippen molar-refractivity contribution in [1.29, 1.82) is 0 Å². The molecule has 0 aliphatic carbocycles. The van der Waals surface area contributed by atoms with Crippen LogP contribution in [-0.2, 0) is 9.53 Å². The minimum atomic E-state index is -0.713. The molecule has 1 aliphatic rings. The smallest absolute Gasteiger partial charge is 0.303 e. The topological polar surface area (TPSA) is 70.1 Å². The Kier molecular flexibility index (Phi) is 9.94. The molecule has 2 N–H and O–H groups in total. The van der Waals surface area contributed by atoms with Crippen LogP contribution in [0.2, 0.25) is 0 Å². The Labute approximate surface area is 134 Å². The van der Waals surface area contributed by atoms with Gasteiger partial charge in [-0.3, -0.25) is 4.79 Å². The van der Waals surface area contributed by atoms with Crippen LogP contribution in [0.15, 0.2) is 0 Å². The quantitative estimate of drug-likeness (QED) is 0.329. The van der Waals surface area contributed by atoms with Crippen LogP contribution in [0.5, 0.6) is 0 Å². The number of unbranched alkanes of at least 4 members (excludes halogenated alkanes) is 7. The molecular weight excluding hydrogens is 280 g/mol. The van der Waals surface area contributed by atoms with Crippen molar-refractivity contribution in [3.63, 3.8) is 0 Å². The predicted molar refractivity (Wildman–Crippen MR) is 86.5 cm³/mol. The second-order valence-electron chi connectivity index (χ2n) is 6.06. The zero-order valence-electron chi connectivity index (χ0n) is 13.7. The third-order valence-electron chi connectivity index (χ3n) is 3.97. The van der Waals surface area contributed by atoms with Crippen molar-refractivity contribution in [3.05, 3.63) is 0 Å². The van der Waals surface area contributed by atoms with Gasteiger partial charge in [0.1, 0.15) is 12.2 Å². The number of aliphatic hydroxyl groups is 1. The van der Waals surface area contributed by atoms with Gasteiger partial charge in [0.15, 0.2) is 0 Å². The van der Waals surface area contributed by atoms with Gasteiger partial charge in [-0.1, -0.05) is 51.4 Å². The van der Waals surface area contributed by atoms with E-state index >= 15 is 0 Å². The second kappa shape index (κ2) is 11.5. The molecule has 22 heavy (non-hydrogen) atoms. The monoisotopic (exact) mass is 310 g/mol. The van der Waals surface area contributed by atoms with Crippen molar-refractivity contribution in [2.24, 2.45) is 0 Å². The lowest BCUT2D eigenvalue weighted by Gasteiger charge is -1.99. The van der Waals surface area contributed by atoms with Crippen LogP contribution >= 0.6 is 0 Å². The first-order valence-electron chi connectivity index (χ1n) is 8.69. The first-order valence-corrected chi connectivity index (χ1v) is 8.69. The Morgan fingerprint density at radius 1 is 1.14 bits per heavy atom. The van der Waals surface area contributed by atoms with Crippen molar-refractivity contribution in [2.45, 2.75) is 95.9 Å². The highest BCUT2D eigenvalue weighted by molar-refractivity contribution is 5.66. The first kappa shape index (κ1) is 19.0. The second-order valence-corrected chi connectivity index (χ2v) is 6.06. The van der Waals surface area contributed by atoms with Gasteiger partial charge in [0, 0.05) is 12.8 Å². The molecule has 0 spiro atoms. The van der Waals surface area contributed by atoms with E-state index in [-0.39, 0.29) is 18.6 Å². The van der Waals surface area contributed by atoms with Crippen LogP contribution in [0.3, 0.4) is 0 Å². The number of rotatable bonds is 12. The lowest BCUT2D eigenvalue weighted by Crippen LogP contribution is -2.14. The highest BCUT2D eigenvalue weighted by atomic mass is 16.6. The van der Waals surface area contributed by atoms with E-state index in [9.17, 15) is 9.90 Å². The van der Waals surface area contributed by atoms with Crippen LogP contribution in [0.4, 0.5) is 0 Å². The van der Waals surface area contributed by atoms with Crippen molar-refractivity contribution in [3.8, 4) is 11.8 Å². The summed E-state index contributed by atoms with van der Waals surface area (Å²) in [7, 11) is 0. The first-order chi connectivity index (χ1) is 10.6. The summed E-state index contributed by atoms with van der Waals surface area (Å²) in [5, 5.41) is 18.4. The number of aliphatic carboxylic acids is 1. The summed E-state index contributed by atoms with van der Waals surface area (Å²) in [4.78, 5) is 10.3. The lowest BCUT2D eigenvalue weighted by atomic mass is 10.1. The molecular formula is C18H30O4. The minimum absolute atomic E-state index is 0.0691. The molecule has 4 heteroatoms. The number of carboxylic acid groups (broad SMARTS) is 1. The summed E-state index contributed by atoms with van der Waals surface area (Å²) in [6, 6.07) is 0. The molecule has 0 aromatic carbocycles. The molecule has 4 nitrogen and oxygen atoms in total. The van der Waals surface area contributed by atoms with Crippen LogP contribution < -0.4 is 0 Å². The zero-order chi connectivity index (χ0) is 16.2. The van der Waals surface area contributed by atoms with Crippen molar-refractivity contribution in [2.75, 3.05) is 0 Å². The minimum Gasteiger partial charge on any atom is -0.481 e. The van der Waals surface area contributed by atoms with Gasteiger partial charge in [-0.15, -0.1) is 5.92 Å².